The van der Waals surface area contributed by atoms with Crippen molar-refractivity contribution >= 4 is 60.5 Å². The van der Waals surface area contributed by atoms with Gasteiger partial charge in [-0.2, -0.15) is 0 Å². The summed E-state index contributed by atoms with van der Waals surface area (Å²) in [7, 11) is 0. The molecule has 0 aliphatic rings. The SMILES string of the molecule is c1ccc(-c2nc3ccc4ccc(-c5ccc(-c6ccc(N(c7ccc(-c8cc9ccccc9c9ccccc89)cc7)c7ccccc7-c7ccccc7)cc6)cc5)cc4c3o2)cc1. The topological polar surface area (TPSA) is 29.3 Å². The van der Waals surface area contributed by atoms with Crippen molar-refractivity contribution in [1.82, 2.24) is 4.98 Å². The van der Waals surface area contributed by atoms with Gasteiger partial charge in [-0.15, -0.1) is 0 Å². The Kier molecular flexibility index (Phi) is 9.16. The minimum Gasteiger partial charge on any atom is -0.435 e. The molecule has 1 aromatic heterocycles. The van der Waals surface area contributed by atoms with Crippen LogP contribution in [0.4, 0.5) is 17.1 Å². The quantitative estimate of drug-likeness (QED) is 0.143. The smallest absolute Gasteiger partial charge is 0.227 e. The second kappa shape index (κ2) is 15.7. The second-order valence-corrected chi connectivity index (χ2v) is 16.3. The first-order chi connectivity index (χ1) is 31.7. The number of benzene rings is 11. The molecule has 0 radical (unpaired) electrons. The van der Waals surface area contributed by atoms with E-state index in [0.29, 0.717) is 5.89 Å². The molecule has 0 saturated heterocycles. The highest BCUT2D eigenvalue weighted by molar-refractivity contribution is 6.14. The summed E-state index contributed by atoms with van der Waals surface area (Å²) in [4.78, 5) is 7.19. The highest BCUT2D eigenvalue weighted by Gasteiger charge is 2.19. The maximum Gasteiger partial charge on any atom is 0.227 e. The summed E-state index contributed by atoms with van der Waals surface area (Å²) in [5.41, 5.74) is 15.3. The molecular weight excluding hydrogens is 777 g/mol. The van der Waals surface area contributed by atoms with Crippen LogP contribution in [0.1, 0.15) is 0 Å². The molecular formula is C61H40N2O. The normalized spacial score (nSPS) is 11.4. The third-order valence-electron chi connectivity index (χ3n) is 12.5. The van der Waals surface area contributed by atoms with Crippen LogP contribution in [-0.4, -0.2) is 4.98 Å². The summed E-state index contributed by atoms with van der Waals surface area (Å²) >= 11 is 0. The predicted molar refractivity (Wildman–Crippen MR) is 268 cm³/mol. The summed E-state index contributed by atoms with van der Waals surface area (Å²) in [5, 5.41) is 7.23. The first-order valence-corrected chi connectivity index (χ1v) is 21.8. The summed E-state index contributed by atoms with van der Waals surface area (Å²) in [6, 6.07) is 86.8. The number of para-hydroxylation sites is 1. The van der Waals surface area contributed by atoms with Crippen molar-refractivity contribution in [3.8, 4) is 56.0 Å². The fraction of sp³-hybridized carbons (Fsp3) is 0. The molecule has 0 aliphatic heterocycles. The van der Waals surface area contributed by atoms with Crippen LogP contribution in [-0.2, 0) is 0 Å². The standard InChI is InChI=1S/C61H40N2O/c1-3-13-44(14-4-1)53-19-11-12-22-59(53)63(51-36-31-45(32-37-51)56-40-49-17-7-8-18-52(49)54-20-9-10-21-55(54)56)50-34-29-42(30-35-50)41-23-25-43(26-24-41)48-28-27-46-33-38-58-60(57(46)39-48)64-61(62-58)47-15-5-2-6-16-47/h1-40H. The molecule has 64 heavy (non-hydrogen) atoms. The van der Waals surface area contributed by atoms with E-state index in [1.165, 1.54) is 43.8 Å². The molecule has 3 nitrogen and oxygen atoms in total. The van der Waals surface area contributed by atoms with E-state index in [1.54, 1.807) is 0 Å². The van der Waals surface area contributed by atoms with Crippen LogP contribution in [0.3, 0.4) is 0 Å². The summed E-state index contributed by atoms with van der Waals surface area (Å²) < 4.78 is 6.38. The predicted octanol–water partition coefficient (Wildman–Crippen LogP) is 17.1. The lowest BCUT2D eigenvalue weighted by molar-refractivity contribution is 0.623. The van der Waals surface area contributed by atoms with Gasteiger partial charge in [0, 0.05) is 27.9 Å². The maximum absolute atomic E-state index is 6.38. The first-order valence-electron chi connectivity index (χ1n) is 21.8. The van der Waals surface area contributed by atoms with E-state index in [2.05, 4.69) is 211 Å². The molecule has 0 aliphatic carbocycles. The van der Waals surface area contributed by atoms with Gasteiger partial charge < -0.3 is 9.32 Å². The Morgan fingerprint density at radius 3 is 1.55 bits per heavy atom. The third kappa shape index (κ3) is 6.68. The summed E-state index contributed by atoms with van der Waals surface area (Å²) in [6.45, 7) is 0. The van der Waals surface area contributed by atoms with E-state index in [4.69, 9.17) is 9.40 Å². The fourth-order valence-corrected chi connectivity index (χ4v) is 9.29. The van der Waals surface area contributed by atoms with E-state index in [0.717, 1.165) is 66.8 Å². The Balaban J connectivity index is 0.888. The Morgan fingerprint density at radius 2 is 0.828 bits per heavy atom. The van der Waals surface area contributed by atoms with Gasteiger partial charge in [0.15, 0.2) is 5.58 Å². The number of oxazole rings is 1. The third-order valence-corrected chi connectivity index (χ3v) is 12.5. The van der Waals surface area contributed by atoms with E-state index in [9.17, 15) is 0 Å². The molecule has 11 aromatic carbocycles. The number of hydrogen-bond donors (Lipinski definition) is 0. The van der Waals surface area contributed by atoms with E-state index < -0.39 is 0 Å². The molecule has 0 spiro atoms. The van der Waals surface area contributed by atoms with Crippen LogP contribution < -0.4 is 4.90 Å². The van der Waals surface area contributed by atoms with Gasteiger partial charge in [0.25, 0.3) is 0 Å². The minimum atomic E-state index is 0.635. The molecule has 0 bridgehead atoms. The van der Waals surface area contributed by atoms with Crippen molar-refractivity contribution in [3.63, 3.8) is 0 Å². The lowest BCUT2D eigenvalue weighted by Crippen LogP contribution is -2.11. The Bertz CT molecular complexity index is 3630. The first kappa shape index (κ1) is 37.2. The molecule has 12 aromatic rings. The number of aromatic nitrogens is 1. The van der Waals surface area contributed by atoms with Crippen molar-refractivity contribution in [2.75, 3.05) is 4.90 Å². The number of nitrogens with zero attached hydrogens (tertiary/aromatic N) is 2. The fourth-order valence-electron chi connectivity index (χ4n) is 9.29. The maximum atomic E-state index is 6.38. The molecule has 0 amide bonds. The van der Waals surface area contributed by atoms with E-state index in [-0.39, 0.29) is 0 Å². The molecule has 0 fully saturated rings. The Morgan fingerprint density at radius 1 is 0.312 bits per heavy atom. The number of rotatable bonds is 8. The zero-order chi connectivity index (χ0) is 42.4. The van der Waals surface area contributed by atoms with Crippen molar-refractivity contribution in [2.24, 2.45) is 0 Å². The van der Waals surface area contributed by atoms with Crippen LogP contribution in [0.15, 0.2) is 247 Å². The molecule has 0 N–H and O–H groups in total. The van der Waals surface area contributed by atoms with Gasteiger partial charge in [0.05, 0.1) is 5.69 Å². The van der Waals surface area contributed by atoms with E-state index >= 15 is 0 Å². The van der Waals surface area contributed by atoms with Gasteiger partial charge >= 0.3 is 0 Å². The second-order valence-electron chi connectivity index (χ2n) is 16.3. The molecule has 0 saturated carbocycles. The lowest BCUT2D eigenvalue weighted by atomic mass is 9.93. The molecule has 12 rings (SSSR count). The number of fused-ring (bicyclic) bond motifs is 6. The van der Waals surface area contributed by atoms with Crippen LogP contribution in [0.5, 0.6) is 0 Å². The minimum absolute atomic E-state index is 0.635. The summed E-state index contributed by atoms with van der Waals surface area (Å²) in [6.07, 6.45) is 0. The van der Waals surface area contributed by atoms with Gasteiger partial charge in [0.1, 0.15) is 5.52 Å². The number of anilines is 3. The largest absolute Gasteiger partial charge is 0.435 e. The van der Waals surface area contributed by atoms with Crippen LogP contribution >= 0.6 is 0 Å². The van der Waals surface area contributed by atoms with Crippen molar-refractivity contribution < 1.29 is 4.42 Å². The molecule has 300 valence electrons. The van der Waals surface area contributed by atoms with E-state index in [1.807, 2.05) is 36.4 Å². The van der Waals surface area contributed by atoms with Gasteiger partial charge in [-0.25, -0.2) is 4.98 Å². The van der Waals surface area contributed by atoms with Crippen molar-refractivity contribution in [2.45, 2.75) is 0 Å². The molecule has 0 unspecified atom stereocenters. The zero-order valence-corrected chi connectivity index (χ0v) is 34.9. The van der Waals surface area contributed by atoms with Crippen molar-refractivity contribution in [1.29, 1.82) is 0 Å². The zero-order valence-electron chi connectivity index (χ0n) is 34.9. The van der Waals surface area contributed by atoms with Crippen molar-refractivity contribution in [3.05, 3.63) is 243 Å². The van der Waals surface area contributed by atoms with Crippen LogP contribution in [0.25, 0.3) is 99.4 Å². The molecule has 0 atom stereocenters. The molecule has 1 heterocycles. The Labute approximate surface area is 371 Å². The van der Waals surface area contributed by atoms with Crippen LogP contribution in [0, 0.1) is 0 Å². The highest BCUT2D eigenvalue weighted by Crippen LogP contribution is 2.43. The number of hydrogen-bond acceptors (Lipinski definition) is 3. The lowest BCUT2D eigenvalue weighted by Gasteiger charge is -2.28. The molecule has 3 heteroatoms. The van der Waals surface area contributed by atoms with Gasteiger partial charge in [-0.1, -0.05) is 182 Å². The average molecular weight is 817 g/mol. The summed E-state index contributed by atoms with van der Waals surface area (Å²) in [5.74, 6) is 0.635. The average Bonchev–Trinajstić information content (AvgIpc) is 3.83. The van der Waals surface area contributed by atoms with Gasteiger partial charge in [-0.3, -0.25) is 0 Å². The van der Waals surface area contributed by atoms with Crippen LogP contribution in [0.2, 0.25) is 0 Å². The Hall–Kier alpha value is -8.53. The monoisotopic (exact) mass is 816 g/mol. The van der Waals surface area contributed by atoms with Gasteiger partial charge in [-0.05, 0) is 127 Å². The highest BCUT2D eigenvalue weighted by atomic mass is 16.3. The van der Waals surface area contributed by atoms with Gasteiger partial charge in [0.2, 0.25) is 5.89 Å².